The largest absolute Gasteiger partial charge is 0.478 e. The van der Waals surface area contributed by atoms with E-state index in [2.05, 4.69) is 10.5 Å². The van der Waals surface area contributed by atoms with Crippen molar-refractivity contribution in [3.63, 3.8) is 0 Å². The Morgan fingerprint density at radius 2 is 2.00 bits per heavy atom. The van der Waals surface area contributed by atoms with Crippen LogP contribution in [-0.2, 0) is 0 Å². The summed E-state index contributed by atoms with van der Waals surface area (Å²) < 4.78 is 0. The van der Waals surface area contributed by atoms with Gasteiger partial charge in [0.15, 0.2) is 0 Å². The molecule has 1 rings (SSSR count). The zero-order valence-electron chi connectivity index (χ0n) is 8.82. The molecular weight excluding hydrogens is 192 g/mol. The van der Waals surface area contributed by atoms with E-state index in [1.807, 2.05) is 13.8 Å². The summed E-state index contributed by atoms with van der Waals surface area (Å²) >= 11 is 0. The van der Waals surface area contributed by atoms with Crippen LogP contribution in [0, 0.1) is 0 Å². The Labute approximate surface area is 88.6 Å². The van der Waals surface area contributed by atoms with Crippen molar-refractivity contribution in [3.8, 4) is 0 Å². The van der Waals surface area contributed by atoms with Gasteiger partial charge in [0.2, 0.25) is 0 Å². The highest BCUT2D eigenvalue weighted by Crippen LogP contribution is 2.09. The number of hydrazone groups is 1. The predicted octanol–water partition coefficient (Wildman–Crippen LogP) is 2.58. The Kier molecular flexibility index (Phi) is 3.85. The van der Waals surface area contributed by atoms with Crippen molar-refractivity contribution in [2.75, 3.05) is 5.43 Å². The first-order valence-corrected chi connectivity index (χ1v) is 4.76. The van der Waals surface area contributed by atoms with Crippen LogP contribution in [-0.4, -0.2) is 16.8 Å². The number of rotatable bonds is 4. The lowest BCUT2D eigenvalue weighted by molar-refractivity contribution is 0.0697. The van der Waals surface area contributed by atoms with Gasteiger partial charge in [-0.3, -0.25) is 5.43 Å². The van der Waals surface area contributed by atoms with Gasteiger partial charge in [-0.1, -0.05) is 6.92 Å². The van der Waals surface area contributed by atoms with E-state index in [-0.39, 0.29) is 5.56 Å². The zero-order valence-corrected chi connectivity index (χ0v) is 8.82. The van der Waals surface area contributed by atoms with Crippen molar-refractivity contribution in [2.45, 2.75) is 20.3 Å². The molecule has 0 aliphatic rings. The van der Waals surface area contributed by atoms with E-state index < -0.39 is 5.97 Å². The number of carbonyl (C=O) groups is 1. The summed E-state index contributed by atoms with van der Waals surface area (Å²) in [5.41, 5.74) is 4.91. The van der Waals surface area contributed by atoms with E-state index in [0.717, 1.165) is 17.8 Å². The Balaban J connectivity index is 2.69. The average Bonchev–Trinajstić information content (AvgIpc) is 2.26. The summed E-state index contributed by atoms with van der Waals surface area (Å²) in [5, 5.41) is 12.8. The number of benzene rings is 1. The Hall–Kier alpha value is -1.84. The highest BCUT2D eigenvalue weighted by Gasteiger charge is 2.00. The van der Waals surface area contributed by atoms with Crippen molar-refractivity contribution in [2.24, 2.45) is 5.10 Å². The van der Waals surface area contributed by atoms with Crippen LogP contribution in [0.2, 0.25) is 0 Å². The third-order valence-corrected chi connectivity index (χ3v) is 2.02. The van der Waals surface area contributed by atoms with Gasteiger partial charge in [0.1, 0.15) is 0 Å². The summed E-state index contributed by atoms with van der Waals surface area (Å²) in [6.07, 6.45) is 0.889. The number of carboxylic acids is 1. The summed E-state index contributed by atoms with van der Waals surface area (Å²) in [7, 11) is 0. The molecule has 0 heterocycles. The summed E-state index contributed by atoms with van der Waals surface area (Å²) in [4.78, 5) is 10.6. The van der Waals surface area contributed by atoms with Gasteiger partial charge in [-0.2, -0.15) is 5.10 Å². The maximum absolute atomic E-state index is 10.6. The van der Waals surface area contributed by atoms with E-state index >= 15 is 0 Å². The first kappa shape index (κ1) is 11.2. The molecule has 0 unspecified atom stereocenters. The van der Waals surface area contributed by atoms with E-state index in [0.29, 0.717) is 0 Å². The van der Waals surface area contributed by atoms with Crippen LogP contribution in [0.25, 0.3) is 0 Å². The predicted molar refractivity (Wildman–Crippen MR) is 60.4 cm³/mol. The van der Waals surface area contributed by atoms with Gasteiger partial charge in [-0.05, 0) is 37.6 Å². The average molecular weight is 206 g/mol. The second-order valence-electron chi connectivity index (χ2n) is 3.19. The molecule has 0 bridgehead atoms. The third-order valence-electron chi connectivity index (χ3n) is 2.02. The Bertz CT molecular complexity index is 369. The van der Waals surface area contributed by atoms with Gasteiger partial charge in [0, 0.05) is 5.71 Å². The number of hydrogen-bond donors (Lipinski definition) is 2. The fourth-order valence-corrected chi connectivity index (χ4v) is 0.926. The van der Waals surface area contributed by atoms with Crippen LogP contribution in [0.3, 0.4) is 0 Å². The summed E-state index contributed by atoms with van der Waals surface area (Å²) in [6, 6.07) is 6.47. The molecule has 0 radical (unpaired) electrons. The molecule has 2 N–H and O–H groups in total. The fourth-order valence-electron chi connectivity index (χ4n) is 0.926. The third kappa shape index (κ3) is 3.42. The lowest BCUT2D eigenvalue weighted by Crippen LogP contribution is -1.98. The first-order chi connectivity index (χ1) is 7.13. The van der Waals surface area contributed by atoms with Gasteiger partial charge < -0.3 is 5.11 Å². The molecule has 4 heteroatoms. The van der Waals surface area contributed by atoms with Crippen LogP contribution < -0.4 is 5.43 Å². The van der Waals surface area contributed by atoms with E-state index in [1.165, 1.54) is 0 Å². The molecule has 0 saturated carbocycles. The van der Waals surface area contributed by atoms with E-state index in [1.54, 1.807) is 24.3 Å². The number of aromatic carboxylic acids is 1. The molecular formula is C11H14N2O2. The molecule has 0 saturated heterocycles. The van der Waals surface area contributed by atoms with Crippen LogP contribution >= 0.6 is 0 Å². The monoisotopic (exact) mass is 206 g/mol. The SMILES string of the molecule is CCC(C)=NNc1ccc(C(=O)O)cc1. The molecule has 0 spiro atoms. The minimum atomic E-state index is -0.921. The van der Waals surface area contributed by atoms with Crippen molar-refractivity contribution in [1.82, 2.24) is 0 Å². The topological polar surface area (TPSA) is 61.7 Å². The molecule has 0 aromatic heterocycles. The number of nitrogens with one attached hydrogen (secondary N) is 1. The van der Waals surface area contributed by atoms with Gasteiger partial charge >= 0.3 is 5.97 Å². The molecule has 0 fully saturated rings. The van der Waals surface area contributed by atoms with E-state index in [9.17, 15) is 4.79 Å². The Morgan fingerprint density at radius 1 is 1.40 bits per heavy atom. The minimum absolute atomic E-state index is 0.275. The lowest BCUT2D eigenvalue weighted by Gasteiger charge is -2.02. The smallest absolute Gasteiger partial charge is 0.335 e. The van der Waals surface area contributed by atoms with Gasteiger partial charge in [0.05, 0.1) is 11.3 Å². The summed E-state index contributed by atoms with van der Waals surface area (Å²) in [5.74, 6) is -0.921. The van der Waals surface area contributed by atoms with Crippen LogP contribution in [0.5, 0.6) is 0 Å². The van der Waals surface area contributed by atoms with Gasteiger partial charge in [0.25, 0.3) is 0 Å². The van der Waals surface area contributed by atoms with Crippen molar-refractivity contribution in [3.05, 3.63) is 29.8 Å². The normalized spacial score (nSPS) is 11.2. The molecule has 0 aliphatic carbocycles. The molecule has 15 heavy (non-hydrogen) atoms. The molecule has 0 atom stereocenters. The van der Waals surface area contributed by atoms with Crippen LogP contribution in [0.4, 0.5) is 5.69 Å². The first-order valence-electron chi connectivity index (χ1n) is 4.76. The zero-order chi connectivity index (χ0) is 11.3. The highest BCUT2D eigenvalue weighted by molar-refractivity contribution is 5.88. The number of anilines is 1. The molecule has 1 aromatic carbocycles. The standard InChI is InChI=1S/C11H14N2O2/c1-3-8(2)12-13-10-6-4-9(5-7-10)11(14)15/h4-7,13H,3H2,1-2H3,(H,14,15). The second-order valence-corrected chi connectivity index (χ2v) is 3.19. The summed E-state index contributed by atoms with van der Waals surface area (Å²) in [6.45, 7) is 3.95. The fraction of sp³-hybridized carbons (Fsp3) is 0.273. The van der Waals surface area contributed by atoms with E-state index in [4.69, 9.17) is 5.11 Å². The molecule has 80 valence electrons. The molecule has 0 amide bonds. The maximum Gasteiger partial charge on any atom is 0.335 e. The van der Waals surface area contributed by atoms with Crippen molar-refractivity contribution in [1.29, 1.82) is 0 Å². The minimum Gasteiger partial charge on any atom is -0.478 e. The lowest BCUT2D eigenvalue weighted by atomic mass is 10.2. The molecule has 0 aliphatic heterocycles. The van der Waals surface area contributed by atoms with Crippen LogP contribution in [0.1, 0.15) is 30.6 Å². The second kappa shape index (κ2) is 5.14. The Morgan fingerprint density at radius 3 is 2.47 bits per heavy atom. The van der Waals surface area contributed by atoms with Gasteiger partial charge in [-0.15, -0.1) is 0 Å². The quantitative estimate of drug-likeness (QED) is 0.588. The van der Waals surface area contributed by atoms with Crippen molar-refractivity contribution < 1.29 is 9.90 Å². The van der Waals surface area contributed by atoms with Gasteiger partial charge in [-0.25, -0.2) is 4.79 Å². The van der Waals surface area contributed by atoms with Crippen molar-refractivity contribution >= 4 is 17.4 Å². The number of carboxylic acid groups (broad SMARTS) is 1. The molecule has 1 aromatic rings. The maximum atomic E-state index is 10.6. The van der Waals surface area contributed by atoms with Crippen LogP contribution in [0.15, 0.2) is 29.4 Å². The number of nitrogens with zero attached hydrogens (tertiary/aromatic N) is 1. The molecule has 4 nitrogen and oxygen atoms in total. The number of hydrogen-bond acceptors (Lipinski definition) is 3. The highest BCUT2D eigenvalue weighted by atomic mass is 16.4.